The Morgan fingerprint density at radius 2 is 1.54 bits per heavy atom. The van der Waals surface area contributed by atoms with E-state index in [2.05, 4.69) is 10.1 Å². The molecular weight excluding hydrogens is 558 g/mol. The predicted octanol–water partition coefficient (Wildman–Crippen LogP) is 7.67. The molecule has 0 spiro atoms. The number of alkyl halides is 6. The second-order valence-corrected chi connectivity index (χ2v) is 10.5. The summed E-state index contributed by atoms with van der Waals surface area (Å²) < 4.78 is 113. The number of hydrogen-bond acceptors (Lipinski definition) is 2. The molecule has 41 heavy (non-hydrogen) atoms. The summed E-state index contributed by atoms with van der Waals surface area (Å²) in [6.07, 6.45) is -9.51. The summed E-state index contributed by atoms with van der Waals surface area (Å²) in [5.74, 6) is -7.05. The molecule has 1 aliphatic rings. The maximum absolute atomic E-state index is 14.9. The van der Waals surface area contributed by atoms with Crippen molar-refractivity contribution in [2.24, 2.45) is 5.92 Å². The SMILES string of the molecule is CC(F)(F)C1CC(NC(=O)C[C@](Cc2ccccc2)(c2ccc(F)cc2)c2cc(F)cc(OC(F)(F)C(F)F)c2)C1. The summed E-state index contributed by atoms with van der Waals surface area (Å²) in [5.41, 5.74) is -0.697. The van der Waals surface area contributed by atoms with Gasteiger partial charge in [0.2, 0.25) is 11.8 Å². The molecule has 0 unspecified atom stereocenters. The lowest BCUT2D eigenvalue weighted by molar-refractivity contribution is -0.253. The summed E-state index contributed by atoms with van der Waals surface area (Å²) in [4.78, 5) is 13.4. The van der Waals surface area contributed by atoms with Crippen LogP contribution in [0.5, 0.6) is 5.75 Å². The Hall–Kier alpha value is -3.63. The van der Waals surface area contributed by atoms with Crippen molar-refractivity contribution in [2.45, 2.75) is 62.5 Å². The molecule has 1 fully saturated rings. The number of nitrogens with one attached hydrogen (secondary N) is 1. The molecule has 1 N–H and O–H groups in total. The normalized spacial score (nSPS) is 18.9. The van der Waals surface area contributed by atoms with Crippen LogP contribution in [0.4, 0.5) is 35.1 Å². The van der Waals surface area contributed by atoms with E-state index in [1.165, 1.54) is 12.1 Å². The van der Waals surface area contributed by atoms with Crippen molar-refractivity contribution < 1.29 is 44.7 Å². The third kappa shape index (κ3) is 7.18. The van der Waals surface area contributed by atoms with Gasteiger partial charge in [-0.3, -0.25) is 4.79 Å². The van der Waals surface area contributed by atoms with Gasteiger partial charge in [-0.2, -0.15) is 17.6 Å². The first-order chi connectivity index (χ1) is 19.2. The maximum atomic E-state index is 14.9. The Labute approximate surface area is 231 Å². The highest BCUT2D eigenvalue weighted by Crippen LogP contribution is 2.43. The Morgan fingerprint density at radius 1 is 0.902 bits per heavy atom. The quantitative estimate of drug-likeness (QED) is 0.235. The van der Waals surface area contributed by atoms with Crippen molar-refractivity contribution in [1.29, 1.82) is 0 Å². The van der Waals surface area contributed by atoms with Crippen LogP contribution in [0, 0.1) is 17.6 Å². The molecule has 1 aliphatic carbocycles. The fourth-order valence-corrected chi connectivity index (χ4v) is 5.15. The zero-order valence-electron chi connectivity index (χ0n) is 21.8. The van der Waals surface area contributed by atoms with Crippen LogP contribution in [-0.2, 0) is 16.6 Å². The third-order valence-corrected chi connectivity index (χ3v) is 7.36. The number of carbonyl (C=O) groups is 1. The molecule has 0 aromatic heterocycles. The van der Waals surface area contributed by atoms with Crippen molar-refractivity contribution in [1.82, 2.24) is 5.32 Å². The van der Waals surface area contributed by atoms with Gasteiger partial charge in [0, 0.05) is 29.9 Å². The fourth-order valence-electron chi connectivity index (χ4n) is 5.15. The van der Waals surface area contributed by atoms with Crippen LogP contribution in [0.25, 0.3) is 0 Å². The molecule has 1 amide bonds. The topological polar surface area (TPSA) is 38.3 Å². The maximum Gasteiger partial charge on any atom is 0.461 e. The molecular formula is C30H27F8NO2. The summed E-state index contributed by atoms with van der Waals surface area (Å²) in [6, 6.07) is 15.3. The van der Waals surface area contributed by atoms with Crippen LogP contribution in [0.3, 0.4) is 0 Å². The Kier molecular flexibility index (Phi) is 8.65. The second-order valence-electron chi connectivity index (χ2n) is 10.5. The number of rotatable bonds is 11. The monoisotopic (exact) mass is 585 g/mol. The highest BCUT2D eigenvalue weighted by atomic mass is 19.3. The van der Waals surface area contributed by atoms with Crippen LogP contribution in [0.15, 0.2) is 72.8 Å². The van der Waals surface area contributed by atoms with E-state index in [0.717, 1.165) is 31.2 Å². The van der Waals surface area contributed by atoms with Gasteiger partial charge in [0.25, 0.3) is 0 Å². The zero-order valence-corrected chi connectivity index (χ0v) is 21.8. The van der Waals surface area contributed by atoms with E-state index >= 15 is 0 Å². The molecule has 1 saturated carbocycles. The minimum atomic E-state index is -4.93. The first-order valence-corrected chi connectivity index (χ1v) is 12.8. The lowest BCUT2D eigenvalue weighted by Crippen LogP contribution is -2.50. The minimum Gasteiger partial charge on any atom is -0.428 e. The van der Waals surface area contributed by atoms with E-state index in [4.69, 9.17) is 0 Å². The van der Waals surface area contributed by atoms with E-state index in [1.54, 1.807) is 30.3 Å². The Balaban J connectivity index is 1.79. The van der Waals surface area contributed by atoms with Gasteiger partial charge >= 0.3 is 12.5 Å². The average Bonchev–Trinajstić information content (AvgIpc) is 2.85. The van der Waals surface area contributed by atoms with Crippen molar-refractivity contribution >= 4 is 5.91 Å². The van der Waals surface area contributed by atoms with Gasteiger partial charge in [0.1, 0.15) is 17.4 Å². The summed E-state index contributed by atoms with van der Waals surface area (Å²) in [6.45, 7) is 0.802. The second kappa shape index (κ2) is 11.7. The summed E-state index contributed by atoms with van der Waals surface area (Å²) in [5, 5.41) is 2.70. The number of benzene rings is 3. The Bertz CT molecular complexity index is 1340. The van der Waals surface area contributed by atoms with Gasteiger partial charge in [-0.05, 0) is 67.1 Å². The molecule has 3 aromatic rings. The highest BCUT2D eigenvalue weighted by Gasteiger charge is 2.46. The highest BCUT2D eigenvalue weighted by molar-refractivity contribution is 5.79. The molecule has 0 aliphatic heterocycles. The van der Waals surface area contributed by atoms with Gasteiger partial charge in [-0.1, -0.05) is 42.5 Å². The first kappa shape index (κ1) is 30.3. The van der Waals surface area contributed by atoms with E-state index < -0.39 is 65.5 Å². The molecule has 3 nitrogen and oxygen atoms in total. The molecule has 0 radical (unpaired) electrons. The molecule has 0 bridgehead atoms. The molecule has 1 atom stereocenters. The van der Waals surface area contributed by atoms with Gasteiger partial charge in [0.15, 0.2) is 0 Å². The molecule has 3 aromatic carbocycles. The number of halogens is 8. The standard InChI is InChI=1S/C30H27F8NO2/c1-28(35,36)20-12-24(13-20)39-26(40)17-29(16-18-5-3-2-4-6-18,19-7-9-22(31)10-8-19)21-11-23(32)15-25(14-21)41-30(37,38)27(33)34/h2-11,14-15,20,24,27H,12-13,16-17H2,1H3,(H,39,40)/t20?,24?,29-/m1/s1. The van der Waals surface area contributed by atoms with E-state index in [9.17, 15) is 39.9 Å². The zero-order chi connectivity index (χ0) is 30.0. The lowest BCUT2D eigenvalue weighted by atomic mass is 9.67. The fraction of sp³-hybridized carbons (Fsp3) is 0.367. The van der Waals surface area contributed by atoms with Gasteiger partial charge in [-0.15, -0.1) is 0 Å². The molecule has 0 heterocycles. The molecule has 220 valence electrons. The molecule has 4 rings (SSSR count). The van der Waals surface area contributed by atoms with Crippen LogP contribution >= 0.6 is 0 Å². The number of carbonyl (C=O) groups excluding carboxylic acids is 1. The van der Waals surface area contributed by atoms with Gasteiger partial charge in [-0.25, -0.2) is 17.6 Å². The van der Waals surface area contributed by atoms with Gasteiger partial charge < -0.3 is 10.1 Å². The summed E-state index contributed by atoms with van der Waals surface area (Å²) >= 11 is 0. The van der Waals surface area contributed by atoms with E-state index in [-0.39, 0.29) is 24.8 Å². The minimum absolute atomic E-state index is 0.0264. The number of amides is 1. The smallest absolute Gasteiger partial charge is 0.428 e. The third-order valence-electron chi connectivity index (χ3n) is 7.36. The molecule has 11 heteroatoms. The largest absolute Gasteiger partial charge is 0.461 e. The number of hydrogen-bond donors (Lipinski definition) is 1. The van der Waals surface area contributed by atoms with Crippen molar-refractivity contribution in [2.75, 3.05) is 0 Å². The number of ether oxygens (including phenoxy) is 1. The van der Waals surface area contributed by atoms with Crippen LogP contribution in [0.2, 0.25) is 0 Å². The van der Waals surface area contributed by atoms with Crippen molar-refractivity contribution in [3.8, 4) is 5.75 Å². The van der Waals surface area contributed by atoms with Crippen LogP contribution < -0.4 is 10.1 Å². The first-order valence-electron chi connectivity index (χ1n) is 12.8. The van der Waals surface area contributed by atoms with E-state index in [0.29, 0.717) is 17.2 Å². The van der Waals surface area contributed by atoms with Crippen LogP contribution in [-0.4, -0.2) is 30.4 Å². The predicted molar refractivity (Wildman–Crippen MR) is 135 cm³/mol. The Morgan fingerprint density at radius 3 is 2.12 bits per heavy atom. The van der Waals surface area contributed by atoms with Gasteiger partial charge in [0.05, 0.1) is 0 Å². The molecule has 0 saturated heterocycles. The lowest BCUT2D eigenvalue weighted by Gasteiger charge is -2.40. The van der Waals surface area contributed by atoms with Crippen LogP contribution in [0.1, 0.15) is 42.9 Å². The van der Waals surface area contributed by atoms with Crippen molar-refractivity contribution in [3.05, 3.63) is 101 Å². The summed E-state index contributed by atoms with van der Waals surface area (Å²) in [7, 11) is 0. The average molecular weight is 586 g/mol. The van der Waals surface area contributed by atoms with E-state index in [1.807, 2.05) is 0 Å². The van der Waals surface area contributed by atoms with Crippen molar-refractivity contribution in [3.63, 3.8) is 0 Å².